The van der Waals surface area contributed by atoms with Crippen LogP contribution in [0.3, 0.4) is 0 Å². The fourth-order valence-corrected chi connectivity index (χ4v) is 3.80. The van der Waals surface area contributed by atoms with E-state index in [-0.39, 0.29) is 18.7 Å². The van der Waals surface area contributed by atoms with Crippen molar-refractivity contribution >= 4 is 23.8 Å². The van der Waals surface area contributed by atoms with Crippen molar-refractivity contribution < 1.29 is 23.9 Å². The number of nitrogens with two attached hydrogens (primary N) is 1. The number of hydrogen-bond acceptors (Lipinski definition) is 5. The predicted molar refractivity (Wildman–Crippen MR) is 145 cm³/mol. The molecule has 1 rings (SSSR count). The number of aryl methyl sites for hydroxylation is 1. The summed E-state index contributed by atoms with van der Waals surface area (Å²) in [6, 6.07) is 5.52. The molecule has 4 N–H and O–H groups in total. The van der Waals surface area contributed by atoms with Crippen LogP contribution in [0.5, 0.6) is 0 Å². The second kappa shape index (κ2) is 15.9. The number of amides is 4. The van der Waals surface area contributed by atoms with Gasteiger partial charge < -0.3 is 26.0 Å². The fourth-order valence-electron chi connectivity index (χ4n) is 3.80. The standard InChI is InChI=1S/C28H46N4O5/c1-7-9-11-19-32(24(25(34)30-18-10-8-2)21-14-12-20(3)13-15-21)26(35)22(16-17-23(29)33)31-27(36)37-28(4,5)6/h12-15,22,24H,7-11,16-19H2,1-6H3,(H2,29,33)(H,30,34)(H,31,36). The lowest BCUT2D eigenvalue weighted by atomic mass is 10.00. The van der Waals surface area contributed by atoms with E-state index in [1.807, 2.05) is 38.1 Å². The number of hydrogen-bond donors (Lipinski definition) is 3. The van der Waals surface area contributed by atoms with Crippen LogP contribution < -0.4 is 16.4 Å². The van der Waals surface area contributed by atoms with Crippen LogP contribution in [-0.4, -0.2) is 53.4 Å². The molecule has 4 amide bonds. The van der Waals surface area contributed by atoms with Gasteiger partial charge in [-0.1, -0.05) is 62.9 Å². The van der Waals surface area contributed by atoms with Gasteiger partial charge in [0.2, 0.25) is 17.7 Å². The third-order valence-corrected chi connectivity index (χ3v) is 5.74. The van der Waals surface area contributed by atoms with Crippen LogP contribution in [0.1, 0.15) is 96.7 Å². The van der Waals surface area contributed by atoms with Gasteiger partial charge in [0.25, 0.3) is 0 Å². The van der Waals surface area contributed by atoms with Crippen LogP contribution in [0.15, 0.2) is 24.3 Å². The zero-order valence-corrected chi connectivity index (χ0v) is 23.4. The number of ether oxygens (including phenoxy) is 1. The smallest absolute Gasteiger partial charge is 0.408 e. The van der Waals surface area contributed by atoms with Crippen molar-refractivity contribution in [1.29, 1.82) is 0 Å². The predicted octanol–water partition coefficient (Wildman–Crippen LogP) is 4.13. The van der Waals surface area contributed by atoms with Crippen molar-refractivity contribution in [3.8, 4) is 0 Å². The Balaban J connectivity index is 3.43. The number of carbonyl (C=O) groups excluding carboxylic acids is 4. The van der Waals surface area contributed by atoms with Crippen molar-refractivity contribution in [2.75, 3.05) is 13.1 Å². The first-order valence-corrected chi connectivity index (χ1v) is 13.3. The van der Waals surface area contributed by atoms with Crippen molar-refractivity contribution in [1.82, 2.24) is 15.5 Å². The van der Waals surface area contributed by atoms with Gasteiger partial charge in [-0.25, -0.2) is 4.79 Å². The maximum Gasteiger partial charge on any atom is 0.408 e. The van der Waals surface area contributed by atoms with E-state index < -0.39 is 35.6 Å². The van der Waals surface area contributed by atoms with Crippen molar-refractivity contribution in [2.45, 2.75) is 104 Å². The minimum absolute atomic E-state index is 0.00421. The number of benzene rings is 1. The fraction of sp³-hybridized carbons (Fsp3) is 0.643. The lowest BCUT2D eigenvalue weighted by Crippen LogP contribution is -2.53. The van der Waals surface area contributed by atoms with Crippen LogP contribution in [-0.2, 0) is 19.1 Å². The summed E-state index contributed by atoms with van der Waals surface area (Å²) < 4.78 is 5.36. The molecule has 2 atom stereocenters. The molecule has 0 radical (unpaired) electrons. The van der Waals surface area contributed by atoms with Gasteiger partial charge in [-0.05, 0) is 52.5 Å². The molecule has 9 nitrogen and oxygen atoms in total. The highest BCUT2D eigenvalue weighted by atomic mass is 16.6. The first-order chi connectivity index (χ1) is 17.4. The highest BCUT2D eigenvalue weighted by molar-refractivity contribution is 5.92. The molecule has 1 aromatic rings. The highest BCUT2D eigenvalue weighted by Gasteiger charge is 2.36. The largest absolute Gasteiger partial charge is 0.444 e. The Kier molecular flexibility index (Phi) is 13.7. The summed E-state index contributed by atoms with van der Waals surface area (Å²) in [5, 5.41) is 5.58. The molecule has 0 saturated carbocycles. The van der Waals surface area contributed by atoms with E-state index in [0.29, 0.717) is 25.1 Å². The lowest BCUT2D eigenvalue weighted by molar-refractivity contribution is -0.142. The average molecular weight is 519 g/mol. The number of alkyl carbamates (subject to hydrolysis) is 1. The molecule has 2 unspecified atom stereocenters. The van der Waals surface area contributed by atoms with Gasteiger partial charge in [0.1, 0.15) is 17.7 Å². The lowest BCUT2D eigenvalue weighted by Gasteiger charge is -2.34. The van der Waals surface area contributed by atoms with Gasteiger partial charge in [0, 0.05) is 19.5 Å². The molecule has 208 valence electrons. The molecule has 9 heteroatoms. The maximum atomic E-state index is 14.0. The second-order valence-corrected chi connectivity index (χ2v) is 10.4. The van der Waals surface area contributed by atoms with Crippen LogP contribution in [0.25, 0.3) is 0 Å². The molecule has 0 aliphatic carbocycles. The van der Waals surface area contributed by atoms with E-state index in [2.05, 4.69) is 17.6 Å². The van der Waals surface area contributed by atoms with Crippen molar-refractivity contribution in [3.63, 3.8) is 0 Å². The van der Waals surface area contributed by atoms with Gasteiger partial charge in [-0.3, -0.25) is 14.4 Å². The topological polar surface area (TPSA) is 131 Å². The summed E-state index contributed by atoms with van der Waals surface area (Å²) in [5.41, 5.74) is 6.29. The van der Waals surface area contributed by atoms with E-state index >= 15 is 0 Å². The summed E-state index contributed by atoms with van der Waals surface area (Å²) in [6.07, 6.45) is 3.34. The Morgan fingerprint density at radius 2 is 1.62 bits per heavy atom. The van der Waals surface area contributed by atoms with Gasteiger partial charge in [0.05, 0.1) is 0 Å². The van der Waals surface area contributed by atoms with Gasteiger partial charge in [-0.2, -0.15) is 0 Å². The molecule has 0 bridgehead atoms. The first kappa shape index (κ1) is 31.9. The van der Waals surface area contributed by atoms with Crippen LogP contribution in [0, 0.1) is 6.92 Å². The maximum absolute atomic E-state index is 14.0. The van der Waals surface area contributed by atoms with Crippen molar-refractivity contribution in [2.24, 2.45) is 5.73 Å². The quantitative estimate of drug-likeness (QED) is 0.301. The molecule has 0 saturated heterocycles. The van der Waals surface area contributed by atoms with Gasteiger partial charge in [-0.15, -0.1) is 0 Å². The van der Waals surface area contributed by atoms with E-state index in [1.165, 1.54) is 4.90 Å². The molecule has 0 aliphatic rings. The molecule has 0 heterocycles. The number of rotatable bonds is 15. The summed E-state index contributed by atoms with van der Waals surface area (Å²) in [7, 11) is 0. The minimum Gasteiger partial charge on any atom is -0.444 e. The summed E-state index contributed by atoms with van der Waals surface area (Å²) in [5.74, 6) is -1.33. The Morgan fingerprint density at radius 3 is 2.16 bits per heavy atom. The molecule has 0 fully saturated rings. The number of unbranched alkanes of at least 4 members (excludes halogenated alkanes) is 3. The van der Waals surface area contributed by atoms with E-state index in [0.717, 1.165) is 31.2 Å². The summed E-state index contributed by atoms with van der Waals surface area (Å²) in [6.45, 7) is 12.0. The normalized spacial score (nSPS) is 12.8. The molecule has 1 aromatic carbocycles. The molecular weight excluding hydrogens is 472 g/mol. The molecule has 0 spiro atoms. The SMILES string of the molecule is CCCCCN(C(=O)C(CCC(N)=O)NC(=O)OC(C)(C)C)C(C(=O)NCCCC)c1ccc(C)cc1. The summed E-state index contributed by atoms with van der Waals surface area (Å²) in [4.78, 5) is 53.1. The highest BCUT2D eigenvalue weighted by Crippen LogP contribution is 2.25. The zero-order valence-electron chi connectivity index (χ0n) is 23.4. The van der Waals surface area contributed by atoms with E-state index in [4.69, 9.17) is 10.5 Å². The Hall–Kier alpha value is -3.10. The average Bonchev–Trinajstić information content (AvgIpc) is 2.80. The molecule has 37 heavy (non-hydrogen) atoms. The second-order valence-electron chi connectivity index (χ2n) is 10.4. The van der Waals surface area contributed by atoms with Crippen LogP contribution >= 0.6 is 0 Å². The Bertz CT molecular complexity index is 880. The summed E-state index contributed by atoms with van der Waals surface area (Å²) >= 11 is 0. The molecular formula is C28H46N4O5. The minimum atomic E-state index is -1.08. The molecule has 0 aliphatic heterocycles. The number of carbonyl (C=O) groups is 4. The Morgan fingerprint density at radius 1 is 1.00 bits per heavy atom. The number of nitrogens with one attached hydrogen (secondary N) is 2. The molecule has 0 aromatic heterocycles. The van der Waals surface area contributed by atoms with Crippen molar-refractivity contribution in [3.05, 3.63) is 35.4 Å². The van der Waals surface area contributed by atoms with Gasteiger partial charge in [0.15, 0.2) is 0 Å². The van der Waals surface area contributed by atoms with Gasteiger partial charge >= 0.3 is 6.09 Å². The zero-order chi connectivity index (χ0) is 28.0. The third kappa shape index (κ3) is 12.1. The van der Waals surface area contributed by atoms with Crippen LogP contribution in [0.4, 0.5) is 4.79 Å². The Labute approximate surface area is 221 Å². The number of nitrogens with zero attached hydrogens (tertiary/aromatic N) is 1. The van der Waals surface area contributed by atoms with E-state index in [1.54, 1.807) is 20.8 Å². The third-order valence-electron chi connectivity index (χ3n) is 5.74. The van der Waals surface area contributed by atoms with E-state index in [9.17, 15) is 19.2 Å². The number of primary amides is 1. The monoisotopic (exact) mass is 518 g/mol. The first-order valence-electron chi connectivity index (χ1n) is 13.3. The van der Waals surface area contributed by atoms with Crippen LogP contribution in [0.2, 0.25) is 0 Å².